The third-order valence-electron chi connectivity index (χ3n) is 3.07. The Balaban J connectivity index is 2.04. The highest BCUT2D eigenvalue weighted by Crippen LogP contribution is 2.16. The van der Waals surface area contributed by atoms with Gasteiger partial charge in [0.05, 0.1) is 4.90 Å². The summed E-state index contributed by atoms with van der Waals surface area (Å²) >= 11 is 5.75. The molecule has 106 valence electrons. The second-order valence-electron chi connectivity index (χ2n) is 4.62. The van der Waals surface area contributed by atoms with Gasteiger partial charge in [0.25, 0.3) is 0 Å². The molecule has 0 amide bonds. The predicted molar refractivity (Wildman–Crippen MR) is 81.5 cm³/mol. The van der Waals surface area contributed by atoms with Crippen LogP contribution < -0.4 is 4.72 Å². The number of hydrogen-bond donors (Lipinski definition) is 1. The predicted octanol–water partition coefficient (Wildman–Crippen LogP) is 3.42. The van der Waals surface area contributed by atoms with E-state index in [1.165, 1.54) is 12.1 Å². The van der Waals surface area contributed by atoms with E-state index in [0.29, 0.717) is 11.6 Å². The van der Waals surface area contributed by atoms with Crippen molar-refractivity contribution in [2.45, 2.75) is 17.7 Å². The van der Waals surface area contributed by atoms with Crippen LogP contribution in [0.1, 0.15) is 18.4 Å². The first-order chi connectivity index (χ1) is 9.49. The van der Waals surface area contributed by atoms with E-state index in [4.69, 9.17) is 11.6 Å². The van der Waals surface area contributed by atoms with Crippen LogP contribution in [-0.2, 0) is 10.0 Å². The second kappa shape index (κ2) is 6.39. The standard InChI is InChI=1S/C15H16ClNO2S/c1-12(13-5-3-2-4-6-13)11-17-20(18,19)15-9-7-14(16)8-10-15/h2-10,12,17H,11H2,1H3. The van der Waals surface area contributed by atoms with Crippen LogP contribution in [-0.4, -0.2) is 15.0 Å². The van der Waals surface area contributed by atoms with Crippen LogP contribution in [0.5, 0.6) is 0 Å². The van der Waals surface area contributed by atoms with Crippen molar-refractivity contribution in [2.75, 3.05) is 6.54 Å². The Hall–Kier alpha value is -1.36. The molecule has 2 aromatic rings. The Bertz CT molecular complexity index is 654. The number of hydrogen-bond acceptors (Lipinski definition) is 2. The first kappa shape index (κ1) is 15.0. The van der Waals surface area contributed by atoms with Crippen molar-refractivity contribution in [1.29, 1.82) is 0 Å². The Kier molecular flexibility index (Phi) is 4.81. The fourth-order valence-electron chi connectivity index (χ4n) is 1.83. The minimum Gasteiger partial charge on any atom is -0.211 e. The van der Waals surface area contributed by atoms with Crippen LogP contribution in [0.4, 0.5) is 0 Å². The third-order valence-corrected chi connectivity index (χ3v) is 4.76. The van der Waals surface area contributed by atoms with Gasteiger partial charge >= 0.3 is 0 Å². The maximum atomic E-state index is 12.1. The summed E-state index contributed by atoms with van der Waals surface area (Å²) in [6, 6.07) is 15.9. The molecule has 20 heavy (non-hydrogen) atoms. The molecule has 2 rings (SSSR count). The van der Waals surface area contributed by atoms with Crippen LogP contribution in [0.3, 0.4) is 0 Å². The summed E-state index contributed by atoms with van der Waals surface area (Å²) in [5.41, 5.74) is 1.10. The molecule has 5 heteroatoms. The molecule has 3 nitrogen and oxygen atoms in total. The van der Waals surface area contributed by atoms with Gasteiger partial charge in [-0.3, -0.25) is 0 Å². The number of halogens is 1. The summed E-state index contributed by atoms with van der Waals surface area (Å²) < 4.78 is 26.9. The van der Waals surface area contributed by atoms with E-state index in [2.05, 4.69) is 4.72 Å². The van der Waals surface area contributed by atoms with Crippen LogP contribution in [0.25, 0.3) is 0 Å². The minimum atomic E-state index is -3.49. The molecule has 0 aliphatic heterocycles. The zero-order chi connectivity index (χ0) is 14.6. The Morgan fingerprint density at radius 3 is 2.25 bits per heavy atom. The molecule has 0 fully saturated rings. The lowest BCUT2D eigenvalue weighted by Gasteiger charge is -2.13. The van der Waals surface area contributed by atoms with Gasteiger partial charge in [-0.05, 0) is 35.7 Å². The highest BCUT2D eigenvalue weighted by atomic mass is 35.5. The lowest BCUT2D eigenvalue weighted by Crippen LogP contribution is -2.27. The molecule has 1 atom stereocenters. The molecule has 0 bridgehead atoms. The molecule has 2 aromatic carbocycles. The van der Waals surface area contributed by atoms with Crippen LogP contribution in [0.15, 0.2) is 59.5 Å². The second-order valence-corrected chi connectivity index (χ2v) is 6.82. The lowest BCUT2D eigenvalue weighted by molar-refractivity contribution is 0.575. The molecule has 0 saturated heterocycles. The van der Waals surface area contributed by atoms with Gasteiger partial charge in [0, 0.05) is 11.6 Å². The van der Waals surface area contributed by atoms with Crippen molar-refractivity contribution >= 4 is 21.6 Å². The molecule has 0 radical (unpaired) electrons. The largest absolute Gasteiger partial charge is 0.240 e. The molecule has 0 saturated carbocycles. The van der Waals surface area contributed by atoms with E-state index in [1.807, 2.05) is 37.3 Å². The summed E-state index contributed by atoms with van der Waals surface area (Å²) in [7, 11) is -3.49. The van der Waals surface area contributed by atoms with Gasteiger partial charge in [-0.2, -0.15) is 0 Å². The minimum absolute atomic E-state index is 0.110. The summed E-state index contributed by atoms with van der Waals surface area (Å²) in [4.78, 5) is 0.224. The Labute approximate surface area is 124 Å². The van der Waals surface area contributed by atoms with Crippen molar-refractivity contribution in [1.82, 2.24) is 4.72 Å². The fourth-order valence-corrected chi connectivity index (χ4v) is 3.09. The molecule has 0 aliphatic carbocycles. The Morgan fingerprint density at radius 1 is 1.05 bits per heavy atom. The average Bonchev–Trinajstić information content (AvgIpc) is 2.46. The monoisotopic (exact) mass is 309 g/mol. The van der Waals surface area contributed by atoms with Gasteiger partial charge in [-0.25, -0.2) is 13.1 Å². The molecule has 1 N–H and O–H groups in total. The van der Waals surface area contributed by atoms with E-state index in [9.17, 15) is 8.42 Å². The van der Waals surface area contributed by atoms with Crippen LogP contribution >= 0.6 is 11.6 Å². The topological polar surface area (TPSA) is 46.2 Å². The number of rotatable bonds is 5. The number of nitrogens with one attached hydrogen (secondary N) is 1. The van der Waals surface area contributed by atoms with Crippen LogP contribution in [0.2, 0.25) is 5.02 Å². The van der Waals surface area contributed by atoms with Gasteiger partial charge in [0.1, 0.15) is 0 Å². The molecule has 1 unspecified atom stereocenters. The van der Waals surface area contributed by atoms with Gasteiger partial charge in [0.15, 0.2) is 0 Å². The molecule has 0 heterocycles. The SMILES string of the molecule is CC(CNS(=O)(=O)c1ccc(Cl)cc1)c1ccccc1. The van der Waals surface area contributed by atoms with E-state index in [1.54, 1.807) is 12.1 Å². The summed E-state index contributed by atoms with van der Waals surface area (Å²) in [6.45, 7) is 2.34. The smallest absolute Gasteiger partial charge is 0.211 e. The zero-order valence-electron chi connectivity index (χ0n) is 11.1. The first-order valence-corrected chi connectivity index (χ1v) is 8.15. The quantitative estimate of drug-likeness (QED) is 0.920. The summed E-state index contributed by atoms with van der Waals surface area (Å²) in [5.74, 6) is 0.110. The highest BCUT2D eigenvalue weighted by Gasteiger charge is 2.15. The fraction of sp³-hybridized carbons (Fsp3) is 0.200. The van der Waals surface area contributed by atoms with E-state index < -0.39 is 10.0 Å². The van der Waals surface area contributed by atoms with E-state index >= 15 is 0 Å². The number of benzene rings is 2. The zero-order valence-corrected chi connectivity index (χ0v) is 12.7. The van der Waals surface area contributed by atoms with E-state index in [-0.39, 0.29) is 10.8 Å². The van der Waals surface area contributed by atoms with Crippen molar-refractivity contribution in [3.05, 3.63) is 65.2 Å². The van der Waals surface area contributed by atoms with Crippen LogP contribution in [0, 0.1) is 0 Å². The highest BCUT2D eigenvalue weighted by molar-refractivity contribution is 7.89. The molecule has 0 aliphatic rings. The normalized spacial score (nSPS) is 13.1. The molecular formula is C15H16ClNO2S. The van der Waals surface area contributed by atoms with Crippen molar-refractivity contribution in [3.8, 4) is 0 Å². The van der Waals surface area contributed by atoms with Gasteiger partial charge in [0.2, 0.25) is 10.0 Å². The third kappa shape index (κ3) is 3.82. The van der Waals surface area contributed by atoms with Gasteiger partial charge in [-0.15, -0.1) is 0 Å². The lowest BCUT2D eigenvalue weighted by atomic mass is 10.0. The molecule has 0 aromatic heterocycles. The average molecular weight is 310 g/mol. The van der Waals surface area contributed by atoms with E-state index in [0.717, 1.165) is 5.56 Å². The summed E-state index contributed by atoms with van der Waals surface area (Å²) in [6.07, 6.45) is 0. The van der Waals surface area contributed by atoms with Gasteiger partial charge in [-0.1, -0.05) is 48.9 Å². The maximum absolute atomic E-state index is 12.1. The maximum Gasteiger partial charge on any atom is 0.240 e. The van der Waals surface area contributed by atoms with Gasteiger partial charge < -0.3 is 0 Å². The first-order valence-electron chi connectivity index (χ1n) is 6.29. The molecular weight excluding hydrogens is 294 g/mol. The van der Waals surface area contributed by atoms with Crippen molar-refractivity contribution < 1.29 is 8.42 Å². The number of sulfonamides is 1. The Morgan fingerprint density at radius 2 is 1.65 bits per heavy atom. The summed E-state index contributed by atoms with van der Waals surface area (Å²) in [5, 5.41) is 0.515. The van der Waals surface area contributed by atoms with Crippen molar-refractivity contribution in [3.63, 3.8) is 0 Å². The molecule has 0 spiro atoms. The van der Waals surface area contributed by atoms with Crippen molar-refractivity contribution in [2.24, 2.45) is 0 Å².